The number of oxazole rings is 1. The number of benzene rings is 2. The van der Waals surface area contributed by atoms with Gasteiger partial charge in [0.2, 0.25) is 5.89 Å². The minimum atomic E-state index is -0.520. The van der Waals surface area contributed by atoms with E-state index in [9.17, 15) is 9.59 Å². The molecule has 1 amide bonds. The van der Waals surface area contributed by atoms with Crippen molar-refractivity contribution in [2.45, 2.75) is 6.92 Å². The average Bonchev–Trinajstić information content (AvgIpc) is 3.16. The number of aromatic nitrogens is 1. The lowest BCUT2D eigenvalue weighted by Gasteiger charge is -2.07. The molecule has 6 heteroatoms. The van der Waals surface area contributed by atoms with E-state index in [4.69, 9.17) is 4.42 Å². The number of methoxy groups -OCH3 is 1. The van der Waals surface area contributed by atoms with Crippen LogP contribution in [0.15, 0.2) is 59.1 Å². The number of hydrogen-bond acceptors (Lipinski definition) is 5. The molecule has 1 heterocycles. The Morgan fingerprint density at radius 3 is 2.58 bits per heavy atom. The molecule has 2 aromatic carbocycles. The largest absolute Gasteiger partial charge is 0.468 e. The monoisotopic (exact) mass is 350 g/mol. The summed E-state index contributed by atoms with van der Waals surface area (Å²) in [4.78, 5) is 27.9. The minimum absolute atomic E-state index is 0.204. The Morgan fingerprint density at radius 1 is 1.12 bits per heavy atom. The molecule has 0 atom stereocenters. The summed E-state index contributed by atoms with van der Waals surface area (Å²) in [5, 5.41) is 2.52. The summed E-state index contributed by atoms with van der Waals surface area (Å²) < 4.78 is 10.4. The van der Waals surface area contributed by atoms with Gasteiger partial charge in [-0.1, -0.05) is 42.0 Å². The first-order valence-electron chi connectivity index (χ1n) is 8.06. The number of carbonyl (C=O) groups is 2. The molecule has 6 nitrogen and oxygen atoms in total. The van der Waals surface area contributed by atoms with Crippen molar-refractivity contribution >= 4 is 11.9 Å². The molecule has 1 N–H and O–H groups in total. The molecule has 0 bridgehead atoms. The zero-order chi connectivity index (χ0) is 18.5. The zero-order valence-electron chi connectivity index (χ0n) is 14.5. The van der Waals surface area contributed by atoms with Crippen LogP contribution in [0.5, 0.6) is 0 Å². The lowest BCUT2D eigenvalue weighted by molar-refractivity contribution is -0.139. The number of carbonyl (C=O) groups excluding carboxylic acids is 2. The molecule has 0 unspecified atom stereocenters. The molecule has 0 aliphatic carbocycles. The van der Waals surface area contributed by atoms with Crippen LogP contribution in [0.4, 0.5) is 0 Å². The van der Waals surface area contributed by atoms with E-state index in [1.54, 1.807) is 30.5 Å². The molecule has 0 radical (unpaired) electrons. The molecule has 132 valence electrons. The Kier molecular flexibility index (Phi) is 5.12. The summed E-state index contributed by atoms with van der Waals surface area (Å²) in [5.74, 6) is 0.0314. The van der Waals surface area contributed by atoms with Crippen molar-refractivity contribution in [3.05, 3.63) is 65.9 Å². The maximum absolute atomic E-state index is 12.4. The average molecular weight is 350 g/mol. The van der Waals surface area contributed by atoms with Crippen LogP contribution in [0.1, 0.15) is 15.9 Å². The van der Waals surface area contributed by atoms with Gasteiger partial charge in [0.05, 0.1) is 18.9 Å². The molecule has 3 aromatic rings. The Balaban J connectivity index is 1.87. The van der Waals surface area contributed by atoms with Gasteiger partial charge in [-0.05, 0) is 19.1 Å². The highest BCUT2D eigenvalue weighted by Crippen LogP contribution is 2.28. The quantitative estimate of drug-likeness (QED) is 0.715. The molecular formula is C20H18N2O4. The van der Waals surface area contributed by atoms with E-state index in [0.717, 1.165) is 11.1 Å². The number of nitrogens with zero attached hydrogens (tertiary/aromatic N) is 1. The normalized spacial score (nSPS) is 10.4. The smallest absolute Gasteiger partial charge is 0.325 e. The van der Waals surface area contributed by atoms with Gasteiger partial charge in [0.15, 0.2) is 5.76 Å². The number of hydrogen-bond donors (Lipinski definition) is 1. The number of rotatable bonds is 5. The van der Waals surface area contributed by atoms with Crippen molar-refractivity contribution < 1.29 is 18.7 Å². The summed E-state index contributed by atoms with van der Waals surface area (Å²) in [6.07, 6.45) is 1.63. The number of amides is 1. The Labute approximate surface area is 150 Å². The Morgan fingerprint density at radius 2 is 1.85 bits per heavy atom. The fraction of sp³-hybridized carbons (Fsp3) is 0.150. The zero-order valence-corrected chi connectivity index (χ0v) is 14.5. The van der Waals surface area contributed by atoms with E-state index < -0.39 is 11.9 Å². The first-order chi connectivity index (χ1) is 12.6. The van der Waals surface area contributed by atoms with E-state index in [0.29, 0.717) is 22.8 Å². The van der Waals surface area contributed by atoms with Gasteiger partial charge in [0.25, 0.3) is 5.91 Å². The standard InChI is InChI=1S/C20H18N2O4/c1-13-7-9-14(10-8-13)17-11-22-20(26-17)16-6-4-3-5-15(16)19(24)21-12-18(23)25-2/h3-11H,12H2,1-2H3,(H,21,24). The van der Waals surface area contributed by atoms with Crippen LogP contribution in [0, 0.1) is 6.92 Å². The first kappa shape index (κ1) is 17.4. The van der Waals surface area contributed by atoms with Gasteiger partial charge in [-0.25, -0.2) is 4.98 Å². The summed E-state index contributed by atoms with van der Waals surface area (Å²) in [5.41, 5.74) is 2.98. The molecular weight excluding hydrogens is 332 g/mol. The third-order valence-corrected chi connectivity index (χ3v) is 3.86. The topological polar surface area (TPSA) is 81.4 Å². The molecule has 3 rings (SSSR count). The highest BCUT2D eigenvalue weighted by Gasteiger charge is 2.17. The van der Waals surface area contributed by atoms with Crippen molar-refractivity contribution in [3.63, 3.8) is 0 Å². The van der Waals surface area contributed by atoms with Gasteiger partial charge in [-0.3, -0.25) is 9.59 Å². The molecule has 0 aliphatic rings. The Hall–Kier alpha value is -3.41. The predicted octanol–water partition coefficient (Wildman–Crippen LogP) is 3.22. The minimum Gasteiger partial charge on any atom is -0.468 e. The lowest BCUT2D eigenvalue weighted by atomic mass is 10.1. The van der Waals surface area contributed by atoms with Crippen molar-refractivity contribution in [1.29, 1.82) is 0 Å². The third kappa shape index (κ3) is 3.80. The van der Waals surface area contributed by atoms with Gasteiger partial charge in [-0.15, -0.1) is 0 Å². The maximum Gasteiger partial charge on any atom is 0.325 e. The third-order valence-electron chi connectivity index (χ3n) is 3.86. The highest BCUT2D eigenvalue weighted by molar-refractivity contribution is 6.01. The maximum atomic E-state index is 12.4. The SMILES string of the molecule is COC(=O)CNC(=O)c1ccccc1-c1ncc(-c2ccc(C)cc2)o1. The number of aryl methyl sites for hydroxylation is 1. The molecule has 0 fully saturated rings. The van der Waals surface area contributed by atoms with Gasteiger partial charge < -0.3 is 14.5 Å². The van der Waals surface area contributed by atoms with Crippen LogP contribution in [0.3, 0.4) is 0 Å². The second-order valence-corrected chi connectivity index (χ2v) is 5.70. The van der Waals surface area contributed by atoms with Gasteiger partial charge >= 0.3 is 5.97 Å². The van der Waals surface area contributed by atoms with E-state index in [-0.39, 0.29) is 6.54 Å². The molecule has 1 aromatic heterocycles. The molecule has 0 saturated heterocycles. The van der Waals surface area contributed by atoms with Crippen LogP contribution < -0.4 is 5.32 Å². The fourth-order valence-electron chi connectivity index (χ4n) is 2.44. The number of esters is 1. The van der Waals surface area contributed by atoms with Gasteiger partial charge in [-0.2, -0.15) is 0 Å². The lowest BCUT2D eigenvalue weighted by Crippen LogP contribution is -2.30. The van der Waals surface area contributed by atoms with E-state index >= 15 is 0 Å². The fourth-order valence-corrected chi connectivity index (χ4v) is 2.44. The van der Waals surface area contributed by atoms with Crippen molar-refractivity contribution in [1.82, 2.24) is 10.3 Å². The van der Waals surface area contributed by atoms with Gasteiger partial charge in [0.1, 0.15) is 6.54 Å². The van der Waals surface area contributed by atoms with Crippen LogP contribution in [-0.4, -0.2) is 30.5 Å². The van der Waals surface area contributed by atoms with Crippen LogP contribution in [0.25, 0.3) is 22.8 Å². The molecule has 0 saturated carbocycles. The number of nitrogens with one attached hydrogen (secondary N) is 1. The summed E-state index contributed by atoms with van der Waals surface area (Å²) in [6, 6.07) is 14.8. The number of ether oxygens (including phenoxy) is 1. The van der Waals surface area contributed by atoms with Crippen molar-refractivity contribution in [2.75, 3.05) is 13.7 Å². The Bertz CT molecular complexity index is 929. The van der Waals surface area contributed by atoms with E-state index in [1.807, 2.05) is 31.2 Å². The summed E-state index contributed by atoms with van der Waals surface area (Å²) >= 11 is 0. The molecule has 0 aliphatic heterocycles. The van der Waals surface area contributed by atoms with Crippen molar-refractivity contribution in [3.8, 4) is 22.8 Å². The van der Waals surface area contributed by atoms with Crippen LogP contribution in [0.2, 0.25) is 0 Å². The van der Waals surface area contributed by atoms with Crippen molar-refractivity contribution in [2.24, 2.45) is 0 Å². The van der Waals surface area contributed by atoms with Gasteiger partial charge in [0, 0.05) is 11.1 Å². The highest BCUT2D eigenvalue weighted by atomic mass is 16.5. The summed E-state index contributed by atoms with van der Waals surface area (Å²) in [7, 11) is 1.27. The van der Waals surface area contributed by atoms with Crippen LogP contribution in [-0.2, 0) is 9.53 Å². The second-order valence-electron chi connectivity index (χ2n) is 5.70. The molecule has 0 spiro atoms. The van der Waals surface area contributed by atoms with E-state index in [2.05, 4.69) is 15.0 Å². The predicted molar refractivity (Wildman–Crippen MR) is 96.5 cm³/mol. The second kappa shape index (κ2) is 7.65. The summed E-state index contributed by atoms with van der Waals surface area (Å²) in [6.45, 7) is 1.81. The first-order valence-corrected chi connectivity index (χ1v) is 8.06. The van der Waals surface area contributed by atoms with E-state index in [1.165, 1.54) is 7.11 Å². The molecule has 26 heavy (non-hydrogen) atoms. The van der Waals surface area contributed by atoms with Crippen LogP contribution >= 0.6 is 0 Å².